The molecule has 0 saturated carbocycles. The van der Waals surface area contributed by atoms with Crippen molar-refractivity contribution in [1.29, 1.82) is 0 Å². The third kappa shape index (κ3) is 4.40. The molecule has 0 aliphatic carbocycles. The summed E-state index contributed by atoms with van der Waals surface area (Å²) in [7, 11) is 3.14. The zero-order chi connectivity index (χ0) is 16.7. The topological polar surface area (TPSA) is 48.0 Å². The fraction of sp³-hybridized carbons (Fsp3) is 0.500. The molecule has 1 saturated heterocycles. The fourth-order valence-corrected chi connectivity index (χ4v) is 2.82. The second-order valence-corrected chi connectivity index (χ2v) is 5.54. The van der Waals surface area contributed by atoms with E-state index in [4.69, 9.17) is 20.6 Å². The number of hydrogen-bond donors (Lipinski definition) is 0. The van der Waals surface area contributed by atoms with Gasteiger partial charge in [0.25, 0.3) is 5.91 Å². The first-order valence-electron chi connectivity index (χ1n) is 7.72. The van der Waals surface area contributed by atoms with Gasteiger partial charge in [0, 0.05) is 25.1 Å². The van der Waals surface area contributed by atoms with Gasteiger partial charge >= 0.3 is 0 Å². The highest BCUT2D eigenvalue weighted by Crippen LogP contribution is 2.27. The SMILES string of the molecule is C#CCOCC1CCCN(C(=O)c2ccc(OC)cc2OC)C1. The van der Waals surface area contributed by atoms with Gasteiger partial charge in [-0.25, -0.2) is 0 Å². The van der Waals surface area contributed by atoms with Gasteiger partial charge in [-0.1, -0.05) is 5.92 Å². The Morgan fingerprint density at radius 3 is 2.91 bits per heavy atom. The lowest BCUT2D eigenvalue weighted by Gasteiger charge is -2.33. The number of rotatable bonds is 6. The minimum Gasteiger partial charge on any atom is -0.497 e. The van der Waals surface area contributed by atoms with Crippen LogP contribution in [0.4, 0.5) is 0 Å². The Balaban J connectivity index is 2.06. The van der Waals surface area contributed by atoms with Gasteiger partial charge in [-0.2, -0.15) is 0 Å². The summed E-state index contributed by atoms with van der Waals surface area (Å²) < 4.78 is 15.9. The molecule has 1 aromatic carbocycles. The lowest BCUT2D eigenvalue weighted by atomic mass is 9.98. The summed E-state index contributed by atoms with van der Waals surface area (Å²) in [5.41, 5.74) is 0.554. The Kier molecular flexibility index (Phi) is 6.30. The van der Waals surface area contributed by atoms with Gasteiger partial charge in [0.2, 0.25) is 0 Å². The maximum Gasteiger partial charge on any atom is 0.257 e. The number of ether oxygens (including phenoxy) is 3. The normalized spacial score (nSPS) is 17.4. The van der Waals surface area contributed by atoms with Crippen LogP contribution in [0.3, 0.4) is 0 Å². The number of hydrogen-bond acceptors (Lipinski definition) is 4. The van der Waals surface area contributed by atoms with Gasteiger partial charge in [-0.3, -0.25) is 4.79 Å². The first-order chi connectivity index (χ1) is 11.2. The molecule has 1 heterocycles. The van der Waals surface area contributed by atoms with E-state index in [9.17, 15) is 4.79 Å². The van der Waals surface area contributed by atoms with E-state index in [1.54, 1.807) is 32.4 Å². The van der Waals surface area contributed by atoms with Crippen LogP contribution >= 0.6 is 0 Å². The quantitative estimate of drug-likeness (QED) is 0.596. The van der Waals surface area contributed by atoms with Crippen LogP contribution in [0.5, 0.6) is 11.5 Å². The highest BCUT2D eigenvalue weighted by molar-refractivity contribution is 5.97. The van der Waals surface area contributed by atoms with Gasteiger partial charge in [0.05, 0.1) is 26.4 Å². The molecule has 124 valence electrons. The molecule has 0 N–H and O–H groups in total. The standard InChI is InChI=1S/C18H23NO4/c1-4-10-23-13-14-6-5-9-19(12-14)18(20)16-8-7-15(21-2)11-17(16)22-3/h1,7-8,11,14H,5-6,9-10,12-13H2,2-3H3. The summed E-state index contributed by atoms with van der Waals surface area (Å²) in [5, 5.41) is 0. The molecule has 1 atom stereocenters. The third-order valence-corrected chi connectivity index (χ3v) is 3.98. The lowest BCUT2D eigenvalue weighted by molar-refractivity contribution is 0.0531. The number of carbonyl (C=O) groups is 1. The van der Waals surface area contributed by atoms with Gasteiger partial charge in [0.15, 0.2) is 0 Å². The Hall–Kier alpha value is -2.19. The molecular formula is C18H23NO4. The van der Waals surface area contributed by atoms with E-state index in [1.165, 1.54) is 0 Å². The van der Waals surface area contributed by atoms with E-state index in [0.29, 0.717) is 42.7 Å². The average molecular weight is 317 g/mol. The number of amides is 1. The van der Waals surface area contributed by atoms with Crippen LogP contribution in [0.2, 0.25) is 0 Å². The molecular weight excluding hydrogens is 294 g/mol. The van der Waals surface area contributed by atoms with E-state index < -0.39 is 0 Å². The zero-order valence-corrected chi connectivity index (χ0v) is 13.7. The number of terminal acetylenes is 1. The van der Waals surface area contributed by atoms with Gasteiger partial charge in [-0.05, 0) is 25.0 Å². The monoisotopic (exact) mass is 317 g/mol. The van der Waals surface area contributed by atoms with Crippen molar-refractivity contribution in [2.24, 2.45) is 5.92 Å². The minimum absolute atomic E-state index is 0.0221. The summed E-state index contributed by atoms with van der Waals surface area (Å²) >= 11 is 0. The van der Waals surface area contributed by atoms with Gasteiger partial charge in [-0.15, -0.1) is 6.42 Å². The van der Waals surface area contributed by atoms with Crippen LogP contribution in [0.1, 0.15) is 23.2 Å². The maximum atomic E-state index is 12.8. The summed E-state index contributed by atoms with van der Waals surface area (Å²) in [6, 6.07) is 5.25. The van der Waals surface area contributed by atoms with Crippen molar-refractivity contribution in [2.45, 2.75) is 12.8 Å². The van der Waals surface area contributed by atoms with Crippen LogP contribution in [0.25, 0.3) is 0 Å². The van der Waals surface area contributed by atoms with Crippen LogP contribution in [0.15, 0.2) is 18.2 Å². The molecule has 1 fully saturated rings. The molecule has 0 spiro atoms. The Morgan fingerprint density at radius 1 is 1.39 bits per heavy atom. The predicted octanol–water partition coefficient (Wildman–Crippen LogP) is 2.21. The Bertz CT molecular complexity index is 579. The molecule has 5 heteroatoms. The molecule has 2 rings (SSSR count). The Labute approximate surface area is 137 Å². The summed E-state index contributed by atoms with van der Waals surface area (Å²) in [5.74, 6) is 3.96. The molecule has 0 aromatic heterocycles. The van der Waals surface area contributed by atoms with E-state index in [1.807, 2.05) is 4.90 Å². The highest BCUT2D eigenvalue weighted by atomic mass is 16.5. The summed E-state index contributed by atoms with van der Waals surface area (Å²) in [6.07, 6.45) is 7.20. The van der Waals surface area contributed by atoms with Crippen molar-refractivity contribution >= 4 is 5.91 Å². The fourth-order valence-electron chi connectivity index (χ4n) is 2.82. The summed E-state index contributed by atoms with van der Waals surface area (Å²) in [4.78, 5) is 14.6. The molecule has 1 aliphatic rings. The maximum absolute atomic E-state index is 12.8. The van der Waals surface area contributed by atoms with Crippen molar-refractivity contribution < 1.29 is 19.0 Å². The first-order valence-corrected chi connectivity index (χ1v) is 7.72. The number of piperidine rings is 1. The number of benzene rings is 1. The van der Waals surface area contributed by atoms with Crippen LogP contribution in [-0.4, -0.2) is 51.3 Å². The number of methoxy groups -OCH3 is 2. The molecule has 1 aliphatic heterocycles. The van der Waals surface area contributed by atoms with Crippen molar-refractivity contribution in [3.63, 3.8) is 0 Å². The third-order valence-electron chi connectivity index (χ3n) is 3.98. The molecule has 1 unspecified atom stereocenters. The van der Waals surface area contributed by atoms with E-state index in [-0.39, 0.29) is 5.91 Å². The Morgan fingerprint density at radius 2 is 2.22 bits per heavy atom. The van der Waals surface area contributed by atoms with E-state index in [2.05, 4.69) is 5.92 Å². The molecule has 0 bridgehead atoms. The van der Waals surface area contributed by atoms with Gasteiger partial charge in [0.1, 0.15) is 18.1 Å². The smallest absolute Gasteiger partial charge is 0.257 e. The van der Waals surface area contributed by atoms with Gasteiger partial charge < -0.3 is 19.1 Å². The van der Waals surface area contributed by atoms with E-state index >= 15 is 0 Å². The van der Waals surface area contributed by atoms with Crippen molar-refractivity contribution in [1.82, 2.24) is 4.90 Å². The second-order valence-electron chi connectivity index (χ2n) is 5.54. The van der Waals surface area contributed by atoms with Crippen LogP contribution in [-0.2, 0) is 4.74 Å². The van der Waals surface area contributed by atoms with Crippen molar-refractivity contribution in [3.05, 3.63) is 23.8 Å². The summed E-state index contributed by atoms with van der Waals surface area (Å²) in [6.45, 7) is 2.34. The molecule has 0 radical (unpaired) electrons. The second kappa shape index (κ2) is 8.44. The highest BCUT2D eigenvalue weighted by Gasteiger charge is 2.26. The molecule has 1 aromatic rings. The molecule has 23 heavy (non-hydrogen) atoms. The minimum atomic E-state index is -0.0221. The van der Waals surface area contributed by atoms with Crippen molar-refractivity contribution in [2.75, 3.05) is 40.5 Å². The molecule has 5 nitrogen and oxygen atoms in total. The number of carbonyl (C=O) groups excluding carboxylic acids is 1. The number of likely N-dealkylation sites (tertiary alicyclic amines) is 1. The van der Waals surface area contributed by atoms with Crippen LogP contribution < -0.4 is 9.47 Å². The average Bonchev–Trinajstić information content (AvgIpc) is 2.61. The lowest BCUT2D eigenvalue weighted by Crippen LogP contribution is -2.41. The van der Waals surface area contributed by atoms with E-state index in [0.717, 1.165) is 19.4 Å². The largest absolute Gasteiger partial charge is 0.497 e. The van der Waals surface area contributed by atoms with Crippen molar-refractivity contribution in [3.8, 4) is 23.8 Å². The van der Waals surface area contributed by atoms with Crippen LogP contribution in [0, 0.1) is 18.3 Å². The first kappa shape index (κ1) is 17.2. The number of nitrogens with zero attached hydrogens (tertiary/aromatic N) is 1. The zero-order valence-electron chi connectivity index (χ0n) is 13.7. The molecule has 1 amide bonds. The predicted molar refractivity (Wildman–Crippen MR) is 87.8 cm³/mol.